The molecule has 0 saturated carbocycles. The fourth-order valence-electron chi connectivity index (χ4n) is 1.34. The first kappa shape index (κ1) is 21.8. The fraction of sp³-hybridized carbons (Fsp3) is 0.714. The van der Waals surface area contributed by atoms with Crippen LogP contribution in [0.15, 0.2) is 0 Å². The van der Waals surface area contributed by atoms with Crippen LogP contribution in [0.25, 0.3) is 0 Å². The van der Waals surface area contributed by atoms with Crippen LogP contribution in [-0.4, -0.2) is 72.7 Å². The van der Waals surface area contributed by atoms with Gasteiger partial charge in [-0.2, -0.15) is 0 Å². The van der Waals surface area contributed by atoms with E-state index in [1.54, 1.807) is 0 Å². The van der Waals surface area contributed by atoms with Crippen LogP contribution in [0, 0.1) is 0 Å². The lowest BCUT2D eigenvalue weighted by molar-refractivity contribution is -0.170. The van der Waals surface area contributed by atoms with Crippen molar-refractivity contribution in [2.24, 2.45) is 0 Å². The highest BCUT2D eigenvalue weighted by Gasteiger charge is 2.22. The SMILES string of the molecule is CC(OC(=O)CCC(=O)OC(C)C(=O)OCCO)C(=O)OCCO. The minimum absolute atomic E-state index is 0.211. The Bertz CT molecular complexity index is 393. The molecule has 0 radical (unpaired) electrons. The zero-order valence-corrected chi connectivity index (χ0v) is 13.6. The van der Waals surface area contributed by atoms with Crippen LogP contribution < -0.4 is 0 Å². The topological polar surface area (TPSA) is 146 Å². The van der Waals surface area contributed by atoms with E-state index in [1.807, 2.05) is 0 Å². The van der Waals surface area contributed by atoms with E-state index in [4.69, 9.17) is 19.7 Å². The van der Waals surface area contributed by atoms with Gasteiger partial charge in [0.05, 0.1) is 26.1 Å². The van der Waals surface area contributed by atoms with Crippen molar-refractivity contribution in [1.29, 1.82) is 0 Å². The third kappa shape index (κ3) is 9.74. The van der Waals surface area contributed by atoms with Crippen molar-refractivity contribution < 1.29 is 48.3 Å². The molecule has 2 N–H and O–H groups in total. The minimum atomic E-state index is -1.17. The molecule has 138 valence electrons. The van der Waals surface area contributed by atoms with Crippen LogP contribution in [0.2, 0.25) is 0 Å². The molecule has 0 bridgehead atoms. The molecule has 2 atom stereocenters. The smallest absolute Gasteiger partial charge is 0.347 e. The Morgan fingerprint density at radius 1 is 0.750 bits per heavy atom. The van der Waals surface area contributed by atoms with E-state index in [9.17, 15) is 19.2 Å². The van der Waals surface area contributed by atoms with Gasteiger partial charge in [0.2, 0.25) is 0 Å². The number of aliphatic hydroxyl groups excluding tert-OH is 2. The first-order valence-electron chi connectivity index (χ1n) is 7.25. The van der Waals surface area contributed by atoms with Gasteiger partial charge in [-0.25, -0.2) is 9.59 Å². The molecular weight excluding hydrogens is 328 g/mol. The summed E-state index contributed by atoms with van der Waals surface area (Å²) < 4.78 is 18.6. The molecule has 0 aliphatic rings. The van der Waals surface area contributed by atoms with Crippen LogP contribution in [0.1, 0.15) is 26.7 Å². The monoisotopic (exact) mass is 350 g/mol. The lowest BCUT2D eigenvalue weighted by Crippen LogP contribution is -2.29. The number of aliphatic hydroxyl groups is 2. The molecular formula is C14H22O10. The van der Waals surface area contributed by atoms with E-state index >= 15 is 0 Å². The summed E-state index contributed by atoms with van der Waals surface area (Å²) in [5, 5.41) is 17.0. The lowest BCUT2D eigenvalue weighted by Gasteiger charge is -2.13. The third-order valence-corrected chi connectivity index (χ3v) is 2.48. The van der Waals surface area contributed by atoms with Crippen LogP contribution in [0.3, 0.4) is 0 Å². The standard InChI is InChI=1S/C14H22O10/c1-9(13(19)21-7-5-15)23-11(17)3-4-12(18)24-10(2)14(20)22-8-6-16/h9-10,15-16H,3-8H2,1-2H3. The first-order chi connectivity index (χ1) is 11.3. The number of carbonyl (C=O) groups excluding carboxylic acids is 4. The molecule has 0 spiro atoms. The van der Waals surface area contributed by atoms with Crippen LogP contribution in [-0.2, 0) is 38.1 Å². The molecule has 10 heteroatoms. The van der Waals surface area contributed by atoms with Gasteiger partial charge in [0.1, 0.15) is 13.2 Å². The van der Waals surface area contributed by atoms with Crippen molar-refractivity contribution in [2.45, 2.75) is 38.9 Å². The molecule has 0 aliphatic carbocycles. The number of hydrogen-bond donors (Lipinski definition) is 2. The summed E-state index contributed by atoms with van der Waals surface area (Å²) in [5.41, 5.74) is 0. The van der Waals surface area contributed by atoms with Gasteiger partial charge in [-0.3, -0.25) is 9.59 Å². The summed E-state index contributed by atoms with van der Waals surface area (Å²) in [6.07, 6.45) is -3.05. The molecule has 0 fully saturated rings. The molecule has 0 amide bonds. The highest BCUT2D eigenvalue weighted by atomic mass is 16.6. The average molecular weight is 350 g/mol. The zero-order valence-electron chi connectivity index (χ0n) is 13.6. The molecule has 10 nitrogen and oxygen atoms in total. The molecule has 0 saturated heterocycles. The van der Waals surface area contributed by atoms with Crippen molar-refractivity contribution in [1.82, 2.24) is 0 Å². The van der Waals surface area contributed by atoms with Gasteiger partial charge in [0.15, 0.2) is 12.2 Å². The summed E-state index contributed by atoms with van der Waals surface area (Å²) in [6.45, 7) is 1.45. The van der Waals surface area contributed by atoms with Gasteiger partial charge in [-0.1, -0.05) is 0 Å². The van der Waals surface area contributed by atoms with Crippen molar-refractivity contribution in [3.05, 3.63) is 0 Å². The van der Waals surface area contributed by atoms with E-state index in [1.165, 1.54) is 13.8 Å². The Kier molecular flexibility index (Phi) is 11.1. The normalized spacial score (nSPS) is 12.7. The fourth-order valence-corrected chi connectivity index (χ4v) is 1.34. The second-order valence-corrected chi connectivity index (χ2v) is 4.55. The second kappa shape index (κ2) is 12.3. The summed E-state index contributed by atoms with van der Waals surface area (Å²) in [4.78, 5) is 45.6. The minimum Gasteiger partial charge on any atom is -0.461 e. The molecule has 0 heterocycles. The summed E-state index contributed by atoms with van der Waals surface area (Å²) in [6, 6.07) is 0. The summed E-state index contributed by atoms with van der Waals surface area (Å²) in [5.74, 6) is -3.28. The number of carbonyl (C=O) groups is 4. The third-order valence-electron chi connectivity index (χ3n) is 2.48. The Labute approximate surface area is 138 Å². The van der Waals surface area contributed by atoms with Crippen molar-refractivity contribution >= 4 is 23.9 Å². The first-order valence-corrected chi connectivity index (χ1v) is 7.25. The van der Waals surface area contributed by atoms with Gasteiger partial charge in [0, 0.05) is 0 Å². The second-order valence-electron chi connectivity index (χ2n) is 4.55. The lowest BCUT2D eigenvalue weighted by atomic mass is 10.3. The average Bonchev–Trinajstić information content (AvgIpc) is 2.55. The van der Waals surface area contributed by atoms with E-state index in [0.717, 1.165) is 0 Å². The molecule has 2 unspecified atom stereocenters. The molecule has 0 aliphatic heterocycles. The van der Waals surface area contributed by atoms with Gasteiger partial charge in [-0.05, 0) is 13.8 Å². The van der Waals surface area contributed by atoms with E-state index in [-0.39, 0.29) is 39.3 Å². The Hall–Kier alpha value is -2.20. The Morgan fingerprint density at radius 2 is 1.08 bits per heavy atom. The van der Waals surface area contributed by atoms with Gasteiger partial charge in [0.25, 0.3) is 0 Å². The maximum Gasteiger partial charge on any atom is 0.347 e. The van der Waals surface area contributed by atoms with Crippen LogP contribution in [0.4, 0.5) is 0 Å². The highest BCUT2D eigenvalue weighted by molar-refractivity contribution is 5.83. The largest absolute Gasteiger partial charge is 0.461 e. The Morgan fingerprint density at radius 3 is 1.38 bits per heavy atom. The summed E-state index contributed by atoms with van der Waals surface area (Å²) in [7, 11) is 0. The van der Waals surface area contributed by atoms with Crippen molar-refractivity contribution in [2.75, 3.05) is 26.4 Å². The van der Waals surface area contributed by atoms with Gasteiger partial charge >= 0.3 is 23.9 Å². The molecule has 24 heavy (non-hydrogen) atoms. The van der Waals surface area contributed by atoms with E-state index in [2.05, 4.69) is 9.47 Å². The number of esters is 4. The van der Waals surface area contributed by atoms with Crippen molar-refractivity contribution in [3.8, 4) is 0 Å². The van der Waals surface area contributed by atoms with Gasteiger partial charge in [-0.15, -0.1) is 0 Å². The Balaban J connectivity index is 4.06. The predicted molar refractivity (Wildman–Crippen MR) is 76.4 cm³/mol. The predicted octanol–water partition coefficient (Wildman–Crippen LogP) is -1.30. The van der Waals surface area contributed by atoms with Crippen molar-refractivity contribution in [3.63, 3.8) is 0 Å². The number of rotatable bonds is 11. The maximum absolute atomic E-state index is 11.5. The summed E-state index contributed by atoms with van der Waals surface area (Å²) >= 11 is 0. The number of ether oxygens (including phenoxy) is 4. The highest BCUT2D eigenvalue weighted by Crippen LogP contribution is 2.04. The zero-order chi connectivity index (χ0) is 18.5. The molecule has 0 aromatic carbocycles. The molecule has 0 aromatic rings. The van der Waals surface area contributed by atoms with E-state index in [0.29, 0.717) is 0 Å². The van der Waals surface area contributed by atoms with Crippen LogP contribution >= 0.6 is 0 Å². The van der Waals surface area contributed by atoms with Gasteiger partial charge < -0.3 is 29.2 Å². The maximum atomic E-state index is 11.5. The molecule has 0 rings (SSSR count). The van der Waals surface area contributed by atoms with E-state index < -0.39 is 36.1 Å². The van der Waals surface area contributed by atoms with Crippen LogP contribution in [0.5, 0.6) is 0 Å². The molecule has 0 aromatic heterocycles. The quantitative estimate of drug-likeness (QED) is 0.340. The number of hydrogen-bond acceptors (Lipinski definition) is 10.